The molecule has 1 atom stereocenters. The lowest BCUT2D eigenvalue weighted by Crippen LogP contribution is -2.43. The third-order valence-corrected chi connectivity index (χ3v) is 4.62. The molecule has 0 bridgehead atoms. The van der Waals surface area contributed by atoms with Gasteiger partial charge in [-0.1, -0.05) is 0 Å². The van der Waals surface area contributed by atoms with Gasteiger partial charge in [-0.05, 0) is 19.0 Å². The molecule has 1 spiro atoms. The Morgan fingerprint density at radius 2 is 2.32 bits per heavy atom. The van der Waals surface area contributed by atoms with E-state index in [-0.39, 0.29) is 11.3 Å². The molecular formula is C16H24N2O4. The van der Waals surface area contributed by atoms with Gasteiger partial charge in [-0.25, -0.2) is 0 Å². The summed E-state index contributed by atoms with van der Waals surface area (Å²) < 4.78 is 16.0. The molecule has 1 aromatic rings. The first kappa shape index (κ1) is 15.5. The maximum atomic E-state index is 12.6. The number of methoxy groups -OCH3 is 1. The fraction of sp³-hybridized carbons (Fsp3) is 0.688. The highest BCUT2D eigenvalue weighted by molar-refractivity contribution is 5.93. The van der Waals surface area contributed by atoms with E-state index < -0.39 is 0 Å². The lowest BCUT2D eigenvalue weighted by molar-refractivity contribution is 0.0629. The largest absolute Gasteiger partial charge is 0.472 e. The molecule has 122 valence electrons. The van der Waals surface area contributed by atoms with Crippen LogP contribution in [0.15, 0.2) is 23.0 Å². The van der Waals surface area contributed by atoms with Crippen molar-refractivity contribution < 1.29 is 18.7 Å². The van der Waals surface area contributed by atoms with Crippen LogP contribution in [0.2, 0.25) is 0 Å². The van der Waals surface area contributed by atoms with Crippen LogP contribution in [0.5, 0.6) is 0 Å². The lowest BCUT2D eigenvalue weighted by atomic mass is 9.87. The Balaban J connectivity index is 1.67. The molecule has 0 radical (unpaired) electrons. The molecule has 6 nitrogen and oxygen atoms in total. The predicted octanol–water partition coefficient (Wildman–Crippen LogP) is 1.09. The summed E-state index contributed by atoms with van der Waals surface area (Å²) in [7, 11) is 1.73. The highest BCUT2D eigenvalue weighted by Gasteiger charge is 2.42. The maximum Gasteiger partial charge on any atom is 0.257 e. The minimum Gasteiger partial charge on any atom is -0.472 e. The van der Waals surface area contributed by atoms with E-state index in [0.29, 0.717) is 18.7 Å². The normalized spacial score (nSPS) is 26.5. The number of furan rings is 1. The zero-order valence-corrected chi connectivity index (χ0v) is 13.1. The quantitative estimate of drug-likeness (QED) is 0.833. The Bertz CT molecular complexity index is 490. The van der Waals surface area contributed by atoms with Crippen molar-refractivity contribution in [2.75, 3.05) is 59.7 Å². The molecular weight excluding hydrogens is 284 g/mol. The van der Waals surface area contributed by atoms with Crippen molar-refractivity contribution in [3.05, 3.63) is 24.2 Å². The van der Waals surface area contributed by atoms with Crippen molar-refractivity contribution >= 4 is 5.91 Å². The van der Waals surface area contributed by atoms with Crippen LogP contribution in [-0.4, -0.2) is 75.4 Å². The SMILES string of the molecule is COCCN1CCC2(COCCN(C(=O)c3ccoc3)C2)C1. The maximum absolute atomic E-state index is 12.6. The number of amides is 1. The monoisotopic (exact) mass is 308 g/mol. The summed E-state index contributed by atoms with van der Waals surface area (Å²) in [5.74, 6) is 0.0361. The molecule has 0 N–H and O–H groups in total. The minimum absolute atomic E-state index is 0.0361. The molecule has 3 heterocycles. The highest BCUT2D eigenvalue weighted by atomic mass is 16.5. The Labute approximate surface area is 131 Å². The van der Waals surface area contributed by atoms with E-state index in [1.807, 2.05) is 4.90 Å². The summed E-state index contributed by atoms with van der Waals surface area (Å²) in [6.07, 6.45) is 4.12. The first-order valence-electron chi connectivity index (χ1n) is 7.83. The summed E-state index contributed by atoms with van der Waals surface area (Å²) in [5.41, 5.74) is 0.662. The van der Waals surface area contributed by atoms with Crippen molar-refractivity contribution in [3.8, 4) is 0 Å². The summed E-state index contributed by atoms with van der Waals surface area (Å²) >= 11 is 0. The first-order chi connectivity index (χ1) is 10.7. The predicted molar refractivity (Wildman–Crippen MR) is 80.8 cm³/mol. The van der Waals surface area contributed by atoms with Crippen molar-refractivity contribution in [2.24, 2.45) is 5.41 Å². The van der Waals surface area contributed by atoms with Crippen LogP contribution in [0, 0.1) is 5.41 Å². The van der Waals surface area contributed by atoms with E-state index >= 15 is 0 Å². The summed E-state index contributed by atoms with van der Waals surface area (Å²) in [4.78, 5) is 16.9. The fourth-order valence-corrected chi connectivity index (χ4v) is 3.42. The third kappa shape index (κ3) is 3.34. The van der Waals surface area contributed by atoms with Gasteiger partial charge in [-0.2, -0.15) is 0 Å². The van der Waals surface area contributed by atoms with Gasteiger partial charge in [0, 0.05) is 38.7 Å². The smallest absolute Gasteiger partial charge is 0.257 e. The second kappa shape index (κ2) is 6.81. The standard InChI is InChI=1S/C16H24N2O4/c1-20-8-5-17-4-3-16(11-17)12-18(6-9-22-13-16)15(19)14-2-7-21-10-14/h2,7,10H,3-6,8-9,11-13H2,1H3. The van der Waals surface area contributed by atoms with Gasteiger partial charge in [-0.15, -0.1) is 0 Å². The molecule has 2 saturated heterocycles. The van der Waals surface area contributed by atoms with E-state index in [1.54, 1.807) is 19.4 Å². The van der Waals surface area contributed by atoms with Crippen LogP contribution < -0.4 is 0 Å². The molecule has 0 aromatic carbocycles. The highest BCUT2D eigenvalue weighted by Crippen LogP contribution is 2.33. The number of likely N-dealkylation sites (tertiary alicyclic amines) is 1. The zero-order chi connectivity index (χ0) is 15.4. The van der Waals surface area contributed by atoms with Crippen LogP contribution in [0.1, 0.15) is 16.8 Å². The second-order valence-electron chi connectivity index (χ2n) is 6.31. The van der Waals surface area contributed by atoms with Crippen LogP contribution in [-0.2, 0) is 9.47 Å². The number of hydrogen-bond donors (Lipinski definition) is 0. The van der Waals surface area contributed by atoms with Gasteiger partial charge in [-0.3, -0.25) is 4.79 Å². The molecule has 1 unspecified atom stereocenters. The van der Waals surface area contributed by atoms with Crippen LogP contribution in [0.3, 0.4) is 0 Å². The van der Waals surface area contributed by atoms with E-state index in [0.717, 1.165) is 45.8 Å². The van der Waals surface area contributed by atoms with Crippen molar-refractivity contribution in [3.63, 3.8) is 0 Å². The van der Waals surface area contributed by atoms with Crippen molar-refractivity contribution in [1.29, 1.82) is 0 Å². The molecule has 3 rings (SSSR count). The van der Waals surface area contributed by atoms with Gasteiger partial charge < -0.3 is 23.7 Å². The number of carbonyl (C=O) groups excluding carboxylic acids is 1. The zero-order valence-electron chi connectivity index (χ0n) is 13.1. The minimum atomic E-state index is 0.0361. The molecule has 0 saturated carbocycles. The molecule has 2 aliphatic heterocycles. The lowest BCUT2D eigenvalue weighted by Gasteiger charge is -2.31. The van der Waals surface area contributed by atoms with Gasteiger partial charge in [0.2, 0.25) is 0 Å². The summed E-state index contributed by atoms with van der Waals surface area (Å²) in [6.45, 7) is 6.41. The average Bonchev–Trinajstić information content (AvgIpc) is 3.13. The Kier molecular flexibility index (Phi) is 4.81. The summed E-state index contributed by atoms with van der Waals surface area (Å²) in [6, 6.07) is 1.72. The average molecular weight is 308 g/mol. The van der Waals surface area contributed by atoms with E-state index in [9.17, 15) is 4.79 Å². The Morgan fingerprint density at radius 1 is 1.41 bits per heavy atom. The van der Waals surface area contributed by atoms with E-state index in [4.69, 9.17) is 13.9 Å². The molecule has 2 aliphatic rings. The van der Waals surface area contributed by atoms with Gasteiger partial charge in [0.25, 0.3) is 5.91 Å². The van der Waals surface area contributed by atoms with Crippen LogP contribution in [0.25, 0.3) is 0 Å². The van der Waals surface area contributed by atoms with Crippen molar-refractivity contribution in [1.82, 2.24) is 9.80 Å². The van der Waals surface area contributed by atoms with E-state index in [2.05, 4.69) is 4.90 Å². The number of ether oxygens (including phenoxy) is 2. The van der Waals surface area contributed by atoms with Crippen LogP contribution in [0.4, 0.5) is 0 Å². The molecule has 1 amide bonds. The van der Waals surface area contributed by atoms with E-state index in [1.165, 1.54) is 6.26 Å². The van der Waals surface area contributed by atoms with Gasteiger partial charge in [0.1, 0.15) is 6.26 Å². The molecule has 6 heteroatoms. The summed E-state index contributed by atoms with van der Waals surface area (Å²) in [5, 5.41) is 0. The Morgan fingerprint density at radius 3 is 3.09 bits per heavy atom. The fourth-order valence-electron chi connectivity index (χ4n) is 3.42. The number of hydrogen-bond acceptors (Lipinski definition) is 5. The van der Waals surface area contributed by atoms with Gasteiger partial charge in [0.05, 0.1) is 31.6 Å². The number of carbonyl (C=O) groups is 1. The van der Waals surface area contributed by atoms with Crippen LogP contribution >= 0.6 is 0 Å². The Hall–Kier alpha value is -1.37. The number of nitrogens with zero attached hydrogens (tertiary/aromatic N) is 2. The molecule has 2 fully saturated rings. The molecule has 1 aromatic heterocycles. The molecule has 22 heavy (non-hydrogen) atoms. The van der Waals surface area contributed by atoms with Crippen molar-refractivity contribution in [2.45, 2.75) is 6.42 Å². The molecule has 0 aliphatic carbocycles. The number of rotatable bonds is 4. The second-order valence-corrected chi connectivity index (χ2v) is 6.31. The topological polar surface area (TPSA) is 55.2 Å². The first-order valence-corrected chi connectivity index (χ1v) is 7.83. The van der Waals surface area contributed by atoms with Gasteiger partial charge >= 0.3 is 0 Å². The third-order valence-electron chi connectivity index (χ3n) is 4.62. The van der Waals surface area contributed by atoms with Gasteiger partial charge in [0.15, 0.2) is 0 Å².